The highest BCUT2D eigenvalue weighted by molar-refractivity contribution is 7.90. The number of rotatable bonds is 4. The normalized spacial score (nSPS) is 16.6. The van der Waals surface area contributed by atoms with Crippen LogP contribution in [0.3, 0.4) is 0 Å². The third-order valence-corrected chi connectivity index (χ3v) is 4.98. The van der Waals surface area contributed by atoms with Crippen molar-refractivity contribution in [1.29, 1.82) is 0 Å². The van der Waals surface area contributed by atoms with Gasteiger partial charge in [-0.2, -0.15) is 31.4 Å². The number of aromatic carboxylic acids is 1. The molecule has 2 N–H and O–H groups in total. The molecule has 1 unspecified atom stereocenters. The summed E-state index contributed by atoms with van der Waals surface area (Å²) in [6.07, 6.45) is -1.69. The van der Waals surface area contributed by atoms with E-state index in [1.165, 1.54) is 23.9 Å². The molecule has 0 fully saturated rings. The molecule has 0 amide bonds. The molecule has 0 aliphatic carbocycles. The molecule has 8 nitrogen and oxygen atoms in total. The number of fused-ring (bicyclic) bond motifs is 1. The van der Waals surface area contributed by atoms with Gasteiger partial charge in [-0.25, -0.2) is 9.10 Å². The second-order valence-corrected chi connectivity index (χ2v) is 6.80. The first-order valence-corrected chi connectivity index (χ1v) is 8.20. The Bertz CT molecular complexity index is 785. The number of nitrogens with zero attached hydrogens (tertiary/aromatic N) is 3. The minimum atomic E-state index is -4.76. The predicted molar refractivity (Wildman–Crippen MR) is 77.9 cm³/mol. The number of carboxylic acid groups (broad SMARTS) is 1. The van der Waals surface area contributed by atoms with E-state index in [-0.39, 0.29) is 30.0 Å². The Morgan fingerprint density at radius 3 is 2.58 bits per heavy atom. The highest BCUT2D eigenvalue weighted by atomic mass is 32.2. The smallest absolute Gasteiger partial charge is 0.404 e. The van der Waals surface area contributed by atoms with Gasteiger partial charge in [-0.1, -0.05) is 12.2 Å². The van der Waals surface area contributed by atoms with Crippen molar-refractivity contribution in [2.24, 2.45) is 7.05 Å². The second kappa shape index (κ2) is 6.09. The molecule has 0 radical (unpaired) electrons. The van der Waals surface area contributed by atoms with Crippen LogP contribution < -0.4 is 9.03 Å². The molecule has 0 saturated carbocycles. The summed E-state index contributed by atoms with van der Waals surface area (Å²) in [6.45, 7) is 0.413. The number of anilines is 1. The number of halogens is 3. The van der Waals surface area contributed by atoms with E-state index in [0.717, 1.165) is 4.68 Å². The first-order valence-electron chi connectivity index (χ1n) is 6.76. The van der Waals surface area contributed by atoms with Crippen molar-refractivity contribution in [2.75, 3.05) is 10.8 Å². The Morgan fingerprint density at radius 1 is 1.42 bits per heavy atom. The van der Waals surface area contributed by atoms with Crippen LogP contribution in [0.15, 0.2) is 12.2 Å². The molecule has 1 aliphatic heterocycles. The Balaban J connectivity index is 2.48. The minimum Gasteiger partial charge on any atom is -0.477 e. The van der Waals surface area contributed by atoms with Crippen molar-refractivity contribution in [1.82, 2.24) is 14.5 Å². The van der Waals surface area contributed by atoms with Gasteiger partial charge < -0.3 is 5.11 Å². The lowest BCUT2D eigenvalue weighted by atomic mass is 10.1. The molecule has 0 spiro atoms. The summed E-state index contributed by atoms with van der Waals surface area (Å²) in [4.78, 5) is 11.3. The lowest BCUT2D eigenvalue weighted by Gasteiger charge is -2.24. The van der Waals surface area contributed by atoms with Gasteiger partial charge in [0.15, 0.2) is 11.5 Å². The zero-order chi connectivity index (χ0) is 18.3. The van der Waals surface area contributed by atoms with Gasteiger partial charge in [-0.3, -0.25) is 4.68 Å². The van der Waals surface area contributed by atoms with E-state index < -0.39 is 28.4 Å². The molecule has 134 valence electrons. The summed E-state index contributed by atoms with van der Waals surface area (Å²) in [5.41, 5.74) is -0.107. The van der Waals surface area contributed by atoms with Gasteiger partial charge in [0.2, 0.25) is 0 Å². The summed E-state index contributed by atoms with van der Waals surface area (Å²) in [5.74, 6) is -1.52. The molecule has 12 heteroatoms. The van der Waals surface area contributed by atoms with Crippen molar-refractivity contribution in [2.45, 2.75) is 25.6 Å². The zero-order valence-corrected chi connectivity index (χ0v) is 13.5. The van der Waals surface area contributed by atoms with Crippen molar-refractivity contribution < 1.29 is 31.5 Å². The summed E-state index contributed by atoms with van der Waals surface area (Å²) in [6, 6.07) is -2.30. The molecule has 0 aromatic carbocycles. The fourth-order valence-corrected chi connectivity index (χ4v) is 3.60. The third-order valence-electron chi connectivity index (χ3n) is 3.43. The molecular weight excluding hydrogens is 353 g/mol. The maximum absolute atomic E-state index is 12.6. The fourth-order valence-electron chi connectivity index (χ4n) is 2.23. The third kappa shape index (κ3) is 3.38. The van der Waals surface area contributed by atoms with Gasteiger partial charge in [0.05, 0.1) is 6.54 Å². The Labute approximate surface area is 135 Å². The van der Waals surface area contributed by atoms with Crippen molar-refractivity contribution in [3.63, 3.8) is 0 Å². The van der Waals surface area contributed by atoms with Gasteiger partial charge in [-0.05, 0) is 13.3 Å². The van der Waals surface area contributed by atoms with E-state index >= 15 is 0 Å². The molecule has 24 heavy (non-hydrogen) atoms. The van der Waals surface area contributed by atoms with E-state index in [2.05, 4.69) is 5.10 Å². The number of aromatic nitrogens is 2. The highest BCUT2D eigenvalue weighted by Gasteiger charge is 2.41. The van der Waals surface area contributed by atoms with Gasteiger partial charge in [0.1, 0.15) is 6.04 Å². The Kier molecular flexibility index (Phi) is 4.63. The van der Waals surface area contributed by atoms with E-state index in [1.54, 1.807) is 0 Å². The first-order chi connectivity index (χ1) is 10.9. The number of alkyl halides is 3. The molecule has 0 bridgehead atoms. The number of carboxylic acids is 1. The van der Waals surface area contributed by atoms with Gasteiger partial charge in [0, 0.05) is 12.6 Å². The van der Waals surface area contributed by atoms with Gasteiger partial charge >= 0.3 is 22.4 Å². The van der Waals surface area contributed by atoms with Crippen molar-refractivity contribution in [3.05, 3.63) is 23.4 Å². The van der Waals surface area contributed by atoms with Gasteiger partial charge in [-0.15, -0.1) is 0 Å². The number of hydrogen-bond donors (Lipinski definition) is 2. The van der Waals surface area contributed by atoms with Crippen molar-refractivity contribution >= 4 is 22.0 Å². The summed E-state index contributed by atoms with van der Waals surface area (Å²) >= 11 is 0. The fraction of sp³-hybridized carbons (Fsp3) is 0.500. The van der Waals surface area contributed by atoms with E-state index in [0.29, 0.717) is 11.2 Å². The number of hydrogen-bond acceptors (Lipinski definition) is 4. The molecule has 1 atom stereocenters. The van der Waals surface area contributed by atoms with Crippen LogP contribution in [0.4, 0.5) is 19.0 Å². The molecule has 2 heterocycles. The van der Waals surface area contributed by atoms with Crippen molar-refractivity contribution in [3.8, 4) is 0 Å². The van der Waals surface area contributed by atoms with Gasteiger partial charge in [0.25, 0.3) is 0 Å². The standard InChI is InChI=1S/C12H15F3N4O4S/c1-7(12(13,14)15)17-24(22,23)19-6-4-3-5-8-9(11(20)21)18(2)16-10(8)19/h3-4,7,17H,5-6H2,1-2H3,(H,20,21). The van der Waals surface area contributed by atoms with E-state index in [9.17, 15) is 31.5 Å². The first kappa shape index (κ1) is 18.3. The molecule has 0 saturated heterocycles. The Hall–Kier alpha value is -2.08. The topological polar surface area (TPSA) is 105 Å². The zero-order valence-electron chi connectivity index (χ0n) is 12.7. The largest absolute Gasteiger partial charge is 0.477 e. The maximum Gasteiger partial charge on any atom is 0.404 e. The van der Waals surface area contributed by atoms with Crippen LogP contribution in [-0.2, 0) is 23.7 Å². The number of nitrogens with one attached hydrogen (secondary N) is 1. The van der Waals surface area contributed by atoms with E-state index in [1.807, 2.05) is 0 Å². The van der Waals surface area contributed by atoms with Crippen LogP contribution in [-0.4, -0.2) is 48.0 Å². The number of allylic oxidation sites excluding steroid dienone is 1. The lowest BCUT2D eigenvalue weighted by molar-refractivity contribution is -0.147. The molecule has 1 aromatic heterocycles. The molecular formula is C12H15F3N4O4S. The average molecular weight is 368 g/mol. The highest BCUT2D eigenvalue weighted by Crippen LogP contribution is 2.29. The summed E-state index contributed by atoms with van der Waals surface area (Å²) < 4.78 is 65.7. The van der Waals surface area contributed by atoms with Crippen LogP contribution >= 0.6 is 0 Å². The quantitative estimate of drug-likeness (QED) is 0.766. The van der Waals surface area contributed by atoms with Crippen LogP contribution in [0, 0.1) is 0 Å². The van der Waals surface area contributed by atoms with Crippen LogP contribution in [0.5, 0.6) is 0 Å². The molecule has 1 aliphatic rings. The van der Waals surface area contributed by atoms with Crippen LogP contribution in [0.25, 0.3) is 0 Å². The van der Waals surface area contributed by atoms with Crippen LogP contribution in [0.1, 0.15) is 23.0 Å². The average Bonchev–Trinajstić information content (AvgIpc) is 2.60. The predicted octanol–water partition coefficient (Wildman–Crippen LogP) is 0.822. The summed E-state index contributed by atoms with van der Waals surface area (Å²) in [7, 11) is -3.27. The molecule has 2 rings (SSSR count). The molecule has 1 aromatic rings. The Morgan fingerprint density at radius 2 is 2.04 bits per heavy atom. The second-order valence-electron chi connectivity index (χ2n) is 5.17. The summed E-state index contributed by atoms with van der Waals surface area (Å²) in [5, 5.41) is 13.1. The lowest BCUT2D eigenvalue weighted by Crippen LogP contribution is -2.50. The van der Waals surface area contributed by atoms with E-state index in [4.69, 9.17) is 0 Å². The minimum absolute atomic E-state index is 0.103. The SMILES string of the molecule is CC(NS(=O)(=O)N1CC=CCc2c1nn(C)c2C(=O)O)C(F)(F)F. The monoisotopic (exact) mass is 368 g/mol. The number of carbonyl (C=O) groups is 1. The maximum atomic E-state index is 12.6. The number of aryl methyl sites for hydroxylation is 1. The van der Waals surface area contributed by atoms with Crippen LogP contribution in [0.2, 0.25) is 0 Å².